The fourth-order valence-electron chi connectivity index (χ4n) is 4.14. The van der Waals surface area contributed by atoms with Crippen LogP contribution in [0.25, 0.3) is 0 Å². The summed E-state index contributed by atoms with van der Waals surface area (Å²) < 4.78 is 5.18. The number of amides is 3. The van der Waals surface area contributed by atoms with Crippen LogP contribution < -0.4 is 20.9 Å². The second-order valence-electron chi connectivity index (χ2n) is 9.93. The fourth-order valence-corrected chi connectivity index (χ4v) is 4.14. The minimum absolute atomic E-state index is 0.190. The Labute approximate surface area is 216 Å². The van der Waals surface area contributed by atoms with Gasteiger partial charge in [0, 0.05) is 37.2 Å². The van der Waals surface area contributed by atoms with Crippen molar-refractivity contribution < 1.29 is 24.2 Å². The third-order valence-corrected chi connectivity index (χ3v) is 5.90. The Hall–Kier alpha value is -4.10. The van der Waals surface area contributed by atoms with Crippen molar-refractivity contribution in [2.24, 2.45) is 5.92 Å². The van der Waals surface area contributed by atoms with Crippen molar-refractivity contribution in [1.82, 2.24) is 10.6 Å². The highest BCUT2D eigenvalue weighted by atomic mass is 16.6. The van der Waals surface area contributed by atoms with Crippen LogP contribution in [0.3, 0.4) is 0 Å². The monoisotopic (exact) mass is 507 g/mol. The molecule has 37 heavy (non-hydrogen) atoms. The summed E-state index contributed by atoms with van der Waals surface area (Å²) in [4.78, 5) is 38.3. The molecule has 3 amide bonds. The molecule has 1 aliphatic heterocycles. The average Bonchev–Trinajstić information content (AvgIpc) is 2.83. The Balaban J connectivity index is 1.80. The number of carbonyl (C=O) groups is 3. The van der Waals surface area contributed by atoms with Gasteiger partial charge in [-0.2, -0.15) is 5.26 Å². The molecule has 0 saturated heterocycles. The third-order valence-electron chi connectivity index (χ3n) is 5.90. The molecule has 196 valence electrons. The van der Waals surface area contributed by atoms with E-state index in [0.717, 1.165) is 5.69 Å². The number of carbonyl (C=O) groups excluding carboxylic acids is 3. The van der Waals surface area contributed by atoms with Gasteiger partial charge >= 0.3 is 6.09 Å². The summed E-state index contributed by atoms with van der Waals surface area (Å²) in [6.07, 6.45) is -1.64. The first-order valence-electron chi connectivity index (χ1n) is 12.0. The smallest absolute Gasteiger partial charge is 0.407 e. The van der Waals surface area contributed by atoms with Gasteiger partial charge in [0.25, 0.3) is 5.91 Å². The molecule has 4 N–H and O–H groups in total. The molecule has 1 heterocycles. The number of anilines is 2. The van der Waals surface area contributed by atoms with Crippen LogP contribution in [0.1, 0.15) is 62.1 Å². The Morgan fingerprint density at radius 2 is 1.73 bits per heavy atom. The van der Waals surface area contributed by atoms with Gasteiger partial charge < -0.3 is 25.8 Å². The van der Waals surface area contributed by atoms with Crippen molar-refractivity contribution in [2.75, 3.05) is 23.3 Å². The lowest BCUT2D eigenvalue weighted by Gasteiger charge is -2.43. The van der Waals surface area contributed by atoms with E-state index < -0.39 is 29.9 Å². The predicted octanol–water partition coefficient (Wildman–Crippen LogP) is 3.29. The van der Waals surface area contributed by atoms with Crippen LogP contribution >= 0.6 is 0 Å². The Bertz CT molecular complexity index is 1200. The summed E-state index contributed by atoms with van der Waals surface area (Å²) >= 11 is 0. The fraction of sp³-hybridized carbons (Fsp3) is 0.407. The molecule has 0 aliphatic carbocycles. The number of alkyl carbamates (subject to hydrolysis) is 1. The number of nitrogens with zero attached hydrogens (tertiary/aromatic N) is 2. The van der Waals surface area contributed by atoms with Crippen molar-refractivity contribution in [3.8, 4) is 6.07 Å². The number of aliphatic hydroxyl groups excluding tert-OH is 1. The summed E-state index contributed by atoms with van der Waals surface area (Å²) in [5, 5.41) is 28.7. The maximum Gasteiger partial charge on any atom is 0.407 e. The zero-order chi connectivity index (χ0) is 27.3. The largest absolute Gasteiger partial charge is 0.444 e. The quantitative estimate of drug-likeness (QED) is 0.439. The average molecular weight is 508 g/mol. The topological polar surface area (TPSA) is 144 Å². The SMILES string of the molecule is CC(=O)N1c2ccc(C(=O)NCCNC(=O)OC(C)(C)C)cc2[C@H](Nc2ccc(C#N)cc2)[C@@H](C)[C@@H]1O. The van der Waals surface area contributed by atoms with Crippen LogP contribution in [0.5, 0.6) is 0 Å². The van der Waals surface area contributed by atoms with Crippen molar-refractivity contribution in [2.45, 2.75) is 52.5 Å². The summed E-state index contributed by atoms with van der Waals surface area (Å²) in [7, 11) is 0. The first kappa shape index (κ1) is 27.5. The molecule has 0 spiro atoms. The van der Waals surface area contributed by atoms with E-state index in [-0.39, 0.29) is 24.9 Å². The van der Waals surface area contributed by atoms with Gasteiger partial charge in [0.1, 0.15) is 11.8 Å². The van der Waals surface area contributed by atoms with Crippen LogP contribution in [-0.2, 0) is 9.53 Å². The highest BCUT2D eigenvalue weighted by molar-refractivity contribution is 5.97. The lowest BCUT2D eigenvalue weighted by atomic mass is 9.85. The number of benzene rings is 2. The zero-order valence-electron chi connectivity index (χ0n) is 21.7. The van der Waals surface area contributed by atoms with E-state index in [1.54, 1.807) is 63.2 Å². The normalized spacial score (nSPS) is 18.7. The van der Waals surface area contributed by atoms with Gasteiger partial charge in [-0.1, -0.05) is 6.92 Å². The number of fused-ring (bicyclic) bond motifs is 1. The number of nitrogens with one attached hydrogen (secondary N) is 3. The van der Waals surface area contributed by atoms with Gasteiger partial charge in [0.15, 0.2) is 0 Å². The van der Waals surface area contributed by atoms with Crippen LogP contribution in [0.4, 0.5) is 16.2 Å². The highest BCUT2D eigenvalue weighted by Gasteiger charge is 2.40. The van der Waals surface area contributed by atoms with Crippen LogP contribution in [0.2, 0.25) is 0 Å². The molecule has 2 aromatic rings. The van der Waals surface area contributed by atoms with Crippen molar-refractivity contribution >= 4 is 29.3 Å². The van der Waals surface area contributed by atoms with Gasteiger partial charge in [-0.25, -0.2) is 4.79 Å². The molecule has 3 atom stereocenters. The minimum atomic E-state index is -1.07. The molecule has 3 rings (SSSR count). The Morgan fingerprint density at radius 1 is 1.08 bits per heavy atom. The summed E-state index contributed by atoms with van der Waals surface area (Å²) in [6.45, 7) is 8.88. The number of hydrogen-bond donors (Lipinski definition) is 4. The third kappa shape index (κ3) is 6.77. The molecular weight excluding hydrogens is 474 g/mol. The number of aliphatic hydroxyl groups is 1. The molecule has 0 aromatic heterocycles. The van der Waals surface area contributed by atoms with Crippen molar-refractivity contribution in [1.29, 1.82) is 5.26 Å². The molecule has 2 aromatic carbocycles. The van der Waals surface area contributed by atoms with Crippen molar-refractivity contribution in [3.05, 3.63) is 59.2 Å². The van der Waals surface area contributed by atoms with Gasteiger partial charge in [-0.05, 0) is 68.8 Å². The molecule has 0 saturated carbocycles. The second-order valence-corrected chi connectivity index (χ2v) is 9.93. The first-order valence-corrected chi connectivity index (χ1v) is 12.0. The van der Waals surface area contributed by atoms with Crippen molar-refractivity contribution in [3.63, 3.8) is 0 Å². The molecule has 0 bridgehead atoms. The number of rotatable bonds is 6. The van der Waals surface area contributed by atoms with E-state index in [2.05, 4.69) is 22.0 Å². The van der Waals surface area contributed by atoms with Gasteiger partial charge in [0.2, 0.25) is 5.91 Å². The second kappa shape index (κ2) is 11.3. The number of nitriles is 1. The molecular formula is C27H33N5O5. The molecule has 1 aliphatic rings. The Kier molecular flexibility index (Phi) is 8.40. The van der Waals surface area contributed by atoms with E-state index in [4.69, 9.17) is 10.00 Å². The molecule has 0 radical (unpaired) electrons. The molecule has 10 heteroatoms. The van der Waals surface area contributed by atoms with E-state index >= 15 is 0 Å². The van der Waals surface area contributed by atoms with E-state index in [0.29, 0.717) is 22.4 Å². The van der Waals surface area contributed by atoms with Gasteiger partial charge in [0.05, 0.1) is 23.4 Å². The first-order chi connectivity index (χ1) is 17.4. The maximum absolute atomic E-state index is 12.9. The van der Waals surface area contributed by atoms with Crippen LogP contribution in [-0.4, -0.2) is 47.9 Å². The van der Waals surface area contributed by atoms with Gasteiger partial charge in [-0.15, -0.1) is 0 Å². The molecule has 10 nitrogen and oxygen atoms in total. The van der Waals surface area contributed by atoms with E-state index in [1.807, 2.05) is 6.92 Å². The lowest BCUT2D eigenvalue weighted by Crippen LogP contribution is -2.50. The predicted molar refractivity (Wildman–Crippen MR) is 139 cm³/mol. The van der Waals surface area contributed by atoms with E-state index in [9.17, 15) is 19.5 Å². The summed E-state index contributed by atoms with van der Waals surface area (Å²) in [5.41, 5.74) is 2.19. The van der Waals surface area contributed by atoms with Gasteiger partial charge in [-0.3, -0.25) is 14.5 Å². The standard InChI is InChI=1S/C27H33N5O5/c1-16-23(31-20-9-6-18(15-28)7-10-20)21-14-19(8-11-22(21)32(17(2)33)25(16)35)24(34)29-12-13-30-26(36)37-27(3,4)5/h6-11,14,16,23,25,31,35H,12-13H2,1-5H3,(H,29,34)(H,30,36)/t16-,23-,25+/m1/s1. The van der Waals surface area contributed by atoms with E-state index in [1.165, 1.54) is 11.8 Å². The number of hydrogen-bond acceptors (Lipinski definition) is 7. The molecule has 0 unspecified atom stereocenters. The highest BCUT2D eigenvalue weighted by Crippen LogP contribution is 2.42. The summed E-state index contributed by atoms with van der Waals surface area (Å²) in [5.74, 6) is -1.08. The van der Waals surface area contributed by atoms with Crippen LogP contribution in [0.15, 0.2) is 42.5 Å². The maximum atomic E-state index is 12.9. The minimum Gasteiger partial charge on any atom is -0.444 e. The van der Waals surface area contributed by atoms with Crippen LogP contribution in [0, 0.1) is 17.2 Å². The lowest BCUT2D eigenvalue weighted by molar-refractivity contribution is -0.119. The molecule has 0 fully saturated rings. The zero-order valence-corrected chi connectivity index (χ0v) is 21.7. The Morgan fingerprint density at radius 3 is 2.32 bits per heavy atom. The number of ether oxygens (including phenoxy) is 1. The summed E-state index contributed by atoms with van der Waals surface area (Å²) in [6, 6.07) is 13.5.